The van der Waals surface area contributed by atoms with Gasteiger partial charge in [-0.1, -0.05) is 6.07 Å². The molecule has 0 aromatic heterocycles. The zero-order chi connectivity index (χ0) is 13.0. The molecule has 18 heavy (non-hydrogen) atoms. The first-order chi connectivity index (χ1) is 8.76. The number of methoxy groups -OCH3 is 1. The minimum absolute atomic E-state index is 0.387. The summed E-state index contributed by atoms with van der Waals surface area (Å²) in [4.78, 5) is 2.31. The van der Waals surface area contributed by atoms with Gasteiger partial charge < -0.3 is 20.1 Å². The molecule has 4 heteroatoms. The zero-order valence-electron chi connectivity index (χ0n) is 11.2. The summed E-state index contributed by atoms with van der Waals surface area (Å²) in [6, 6.07) is 5.98. The van der Waals surface area contributed by atoms with Gasteiger partial charge in [0, 0.05) is 20.2 Å². The van der Waals surface area contributed by atoms with Crippen LogP contribution in [0.3, 0.4) is 0 Å². The molecule has 0 amide bonds. The normalized spacial score (nSPS) is 16.9. The zero-order valence-corrected chi connectivity index (χ0v) is 11.2. The molecule has 2 rings (SSSR count). The highest BCUT2D eigenvalue weighted by atomic mass is 16.5. The van der Waals surface area contributed by atoms with Crippen molar-refractivity contribution < 1.29 is 9.47 Å². The Balaban J connectivity index is 2.11. The van der Waals surface area contributed by atoms with Crippen LogP contribution in [0.25, 0.3) is 0 Å². The van der Waals surface area contributed by atoms with Crippen molar-refractivity contribution >= 4 is 11.4 Å². The fourth-order valence-corrected chi connectivity index (χ4v) is 2.42. The standard InChI is InChI=1S/C14H22N2O2/c1-3-18-13-6-4-5-12(14(13)15)16-9-7-11(17-2)8-10-16/h4-6,11H,3,7-10,15H2,1-2H3. The number of ether oxygens (including phenoxy) is 2. The molecule has 4 nitrogen and oxygen atoms in total. The number of para-hydroxylation sites is 1. The molecule has 0 spiro atoms. The summed E-state index contributed by atoms with van der Waals surface area (Å²) in [5.74, 6) is 0.781. The van der Waals surface area contributed by atoms with Gasteiger partial charge in [0.15, 0.2) is 0 Å². The molecule has 100 valence electrons. The van der Waals surface area contributed by atoms with E-state index in [2.05, 4.69) is 11.0 Å². The summed E-state index contributed by atoms with van der Waals surface area (Å²) < 4.78 is 10.9. The Morgan fingerprint density at radius 2 is 2.06 bits per heavy atom. The second-order valence-corrected chi connectivity index (χ2v) is 4.54. The number of nitrogen functional groups attached to an aromatic ring is 1. The van der Waals surface area contributed by atoms with E-state index >= 15 is 0 Å². The van der Waals surface area contributed by atoms with Gasteiger partial charge in [0.2, 0.25) is 0 Å². The quantitative estimate of drug-likeness (QED) is 0.833. The van der Waals surface area contributed by atoms with E-state index in [4.69, 9.17) is 15.2 Å². The van der Waals surface area contributed by atoms with Gasteiger partial charge in [-0.3, -0.25) is 0 Å². The van der Waals surface area contributed by atoms with Crippen LogP contribution in [-0.2, 0) is 4.74 Å². The van der Waals surface area contributed by atoms with Crippen molar-refractivity contribution in [1.29, 1.82) is 0 Å². The van der Waals surface area contributed by atoms with Crippen LogP contribution < -0.4 is 15.4 Å². The van der Waals surface area contributed by atoms with Crippen molar-refractivity contribution in [1.82, 2.24) is 0 Å². The maximum atomic E-state index is 6.17. The first-order valence-electron chi connectivity index (χ1n) is 6.55. The van der Waals surface area contributed by atoms with Crippen LogP contribution in [-0.4, -0.2) is 32.9 Å². The van der Waals surface area contributed by atoms with Crippen molar-refractivity contribution in [3.63, 3.8) is 0 Å². The predicted molar refractivity (Wildman–Crippen MR) is 74.3 cm³/mol. The molecule has 1 aromatic carbocycles. The lowest BCUT2D eigenvalue weighted by Crippen LogP contribution is -2.37. The number of benzene rings is 1. The van der Waals surface area contributed by atoms with Gasteiger partial charge in [-0.15, -0.1) is 0 Å². The van der Waals surface area contributed by atoms with Gasteiger partial charge in [-0.25, -0.2) is 0 Å². The highest BCUT2D eigenvalue weighted by Gasteiger charge is 2.21. The molecule has 1 saturated heterocycles. The van der Waals surface area contributed by atoms with Gasteiger partial charge >= 0.3 is 0 Å². The van der Waals surface area contributed by atoms with E-state index in [0.717, 1.165) is 43.1 Å². The fraction of sp³-hybridized carbons (Fsp3) is 0.571. The summed E-state index contributed by atoms with van der Waals surface area (Å²) in [7, 11) is 1.78. The maximum absolute atomic E-state index is 6.17. The molecule has 0 unspecified atom stereocenters. The first kappa shape index (κ1) is 13.0. The van der Waals surface area contributed by atoms with E-state index < -0.39 is 0 Å². The van der Waals surface area contributed by atoms with Gasteiger partial charge in [-0.05, 0) is 31.9 Å². The Morgan fingerprint density at radius 1 is 1.33 bits per heavy atom. The third-order valence-corrected chi connectivity index (χ3v) is 3.46. The molecule has 0 radical (unpaired) electrons. The SMILES string of the molecule is CCOc1cccc(N2CCC(OC)CC2)c1N. The third kappa shape index (κ3) is 2.70. The van der Waals surface area contributed by atoms with Crippen molar-refractivity contribution in [3.8, 4) is 5.75 Å². The molecule has 0 atom stereocenters. The molecule has 1 aliphatic heterocycles. The lowest BCUT2D eigenvalue weighted by Gasteiger charge is -2.33. The van der Waals surface area contributed by atoms with Gasteiger partial charge in [0.1, 0.15) is 5.75 Å². The molecule has 0 aliphatic carbocycles. The van der Waals surface area contributed by atoms with Crippen LogP contribution in [0.2, 0.25) is 0 Å². The molecule has 1 heterocycles. The van der Waals surface area contributed by atoms with Crippen LogP contribution in [0.4, 0.5) is 11.4 Å². The van der Waals surface area contributed by atoms with Crippen LogP contribution in [0.1, 0.15) is 19.8 Å². The van der Waals surface area contributed by atoms with E-state index in [1.54, 1.807) is 7.11 Å². The molecule has 1 fully saturated rings. The molecular weight excluding hydrogens is 228 g/mol. The summed E-state index contributed by atoms with van der Waals surface area (Å²) in [5.41, 5.74) is 7.99. The summed E-state index contributed by atoms with van der Waals surface area (Å²) in [6.45, 7) is 4.58. The van der Waals surface area contributed by atoms with Crippen LogP contribution in [0.5, 0.6) is 5.75 Å². The molecule has 2 N–H and O–H groups in total. The minimum Gasteiger partial charge on any atom is -0.492 e. The van der Waals surface area contributed by atoms with E-state index in [-0.39, 0.29) is 0 Å². The third-order valence-electron chi connectivity index (χ3n) is 3.46. The minimum atomic E-state index is 0.387. The Bertz CT molecular complexity index is 387. The van der Waals surface area contributed by atoms with Gasteiger partial charge in [0.25, 0.3) is 0 Å². The number of hydrogen-bond acceptors (Lipinski definition) is 4. The monoisotopic (exact) mass is 250 g/mol. The number of nitrogens with zero attached hydrogens (tertiary/aromatic N) is 1. The molecule has 0 saturated carbocycles. The number of nitrogens with two attached hydrogens (primary N) is 1. The number of hydrogen-bond donors (Lipinski definition) is 1. The maximum Gasteiger partial charge on any atom is 0.144 e. The summed E-state index contributed by atoms with van der Waals surface area (Å²) in [5, 5.41) is 0. The highest BCUT2D eigenvalue weighted by molar-refractivity contribution is 5.74. The second-order valence-electron chi connectivity index (χ2n) is 4.54. The van der Waals surface area contributed by atoms with E-state index in [1.807, 2.05) is 19.1 Å². The highest BCUT2D eigenvalue weighted by Crippen LogP contribution is 2.33. The molecule has 0 bridgehead atoms. The summed E-state index contributed by atoms with van der Waals surface area (Å²) >= 11 is 0. The largest absolute Gasteiger partial charge is 0.492 e. The molecule has 1 aliphatic rings. The van der Waals surface area contributed by atoms with E-state index in [0.29, 0.717) is 12.7 Å². The van der Waals surface area contributed by atoms with Crippen molar-refractivity contribution in [2.24, 2.45) is 0 Å². The Hall–Kier alpha value is -1.42. The lowest BCUT2D eigenvalue weighted by atomic mass is 10.1. The molecular formula is C14H22N2O2. The Labute approximate surface area is 109 Å². The smallest absolute Gasteiger partial charge is 0.144 e. The van der Waals surface area contributed by atoms with Gasteiger partial charge in [0.05, 0.1) is 24.1 Å². The van der Waals surface area contributed by atoms with Crippen molar-refractivity contribution in [2.75, 3.05) is 37.4 Å². The predicted octanol–water partition coefficient (Wildman–Crippen LogP) is 2.28. The van der Waals surface area contributed by atoms with Crippen molar-refractivity contribution in [2.45, 2.75) is 25.9 Å². The van der Waals surface area contributed by atoms with E-state index in [1.165, 1.54) is 0 Å². The Morgan fingerprint density at radius 3 is 2.67 bits per heavy atom. The Kier molecular flexibility index (Phi) is 4.31. The number of anilines is 2. The van der Waals surface area contributed by atoms with E-state index in [9.17, 15) is 0 Å². The van der Waals surface area contributed by atoms with Gasteiger partial charge in [-0.2, -0.15) is 0 Å². The topological polar surface area (TPSA) is 47.7 Å². The summed E-state index contributed by atoms with van der Waals surface area (Å²) in [6.07, 6.45) is 2.49. The van der Waals surface area contributed by atoms with Crippen molar-refractivity contribution in [3.05, 3.63) is 18.2 Å². The first-order valence-corrected chi connectivity index (χ1v) is 6.55. The van der Waals surface area contributed by atoms with Crippen LogP contribution in [0.15, 0.2) is 18.2 Å². The lowest BCUT2D eigenvalue weighted by molar-refractivity contribution is 0.0819. The van der Waals surface area contributed by atoms with Crippen LogP contribution in [0, 0.1) is 0 Å². The molecule has 1 aromatic rings. The average molecular weight is 250 g/mol. The number of piperidine rings is 1. The second kappa shape index (κ2) is 5.96. The number of rotatable bonds is 4. The fourth-order valence-electron chi connectivity index (χ4n) is 2.42. The average Bonchev–Trinajstić information content (AvgIpc) is 2.42. The van der Waals surface area contributed by atoms with Crippen LogP contribution >= 0.6 is 0 Å².